The molecule has 1 heterocycles. The Morgan fingerprint density at radius 2 is 1.88 bits per heavy atom. The number of hydrogen-bond acceptors (Lipinski definition) is 2. The van der Waals surface area contributed by atoms with E-state index in [1.54, 1.807) is 6.26 Å². The Morgan fingerprint density at radius 3 is 2.59 bits per heavy atom. The van der Waals surface area contributed by atoms with Gasteiger partial charge in [-0.05, 0) is 30.5 Å². The molecule has 2 nitrogen and oxygen atoms in total. The van der Waals surface area contributed by atoms with Gasteiger partial charge in [-0.1, -0.05) is 30.3 Å². The van der Waals surface area contributed by atoms with E-state index >= 15 is 0 Å². The minimum Gasteiger partial charge on any atom is -0.469 e. The molecule has 0 atom stereocenters. The molecule has 0 saturated carbocycles. The summed E-state index contributed by atoms with van der Waals surface area (Å²) in [6, 6.07) is 13.9. The fraction of sp³-hybridized carbons (Fsp3) is 0.267. The van der Waals surface area contributed by atoms with Gasteiger partial charge >= 0.3 is 0 Å². The number of ketones is 1. The number of Topliss-reactive ketones (excluding diaryl/α,β-unsaturated/α-hetero) is 1. The van der Waals surface area contributed by atoms with Gasteiger partial charge in [-0.3, -0.25) is 4.79 Å². The Balaban J connectivity index is 1.70. The zero-order valence-electron chi connectivity index (χ0n) is 9.76. The fourth-order valence-electron chi connectivity index (χ4n) is 1.83. The summed E-state index contributed by atoms with van der Waals surface area (Å²) in [5, 5.41) is 0. The van der Waals surface area contributed by atoms with Crippen molar-refractivity contribution in [1.29, 1.82) is 0 Å². The molecule has 0 radical (unpaired) electrons. The van der Waals surface area contributed by atoms with Gasteiger partial charge in [0.1, 0.15) is 11.5 Å². The van der Waals surface area contributed by atoms with Gasteiger partial charge < -0.3 is 4.42 Å². The summed E-state index contributed by atoms with van der Waals surface area (Å²) in [6.07, 6.45) is 4.51. The van der Waals surface area contributed by atoms with E-state index in [2.05, 4.69) is 12.1 Å². The SMILES string of the molecule is O=C(CCCc1ccccc1)Cc1ccco1. The van der Waals surface area contributed by atoms with Crippen molar-refractivity contribution in [2.75, 3.05) is 0 Å². The van der Waals surface area contributed by atoms with Crippen LogP contribution in [0.5, 0.6) is 0 Å². The molecular weight excluding hydrogens is 212 g/mol. The lowest BCUT2D eigenvalue weighted by molar-refractivity contribution is -0.118. The molecule has 2 rings (SSSR count). The lowest BCUT2D eigenvalue weighted by atomic mass is 10.1. The molecule has 2 aromatic rings. The first-order valence-electron chi connectivity index (χ1n) is 5.92. The van der Waals surface area contributed by atoms with Crippen LogP contribution in [0, 0.1) is 0 Å². The largest absolute Gasteiger partial charge is 0.469 e. The molecule has 0 aliphatic heterocycles. The van der Waals surface area contributed by atoms with E-state index in [9.17, 15) is 4.79 Å². The van der Waals surface area contributed by atoms with Crippen molar-refractivity contribution in [1.82, 2.24) is 0 Å². The number of carbonyl (C=O) groups is 1. The number of furan rings is 1. The molecule has 88 valence electrons. The highest BCUT2D eigenvalue weighted by Gasteiger charge is 2.05. The van der Waals surface area contributed by atoms with Crippen LogP contribution in [0.4, 0.5) is 0 Å². The van der Waals surface area contributed by atoms with Gasteiger partial charge in [0.15, 0.2) is 0 Å². The van der Waals surface area contributed by atoms with Crippen molar-refractivity contribution >= 4 is 5.78 Å². The molecule has 0 N–H and O–H groups in total. The fourth-order valence-corrected chi connectivity index (χ4v) is 1.83. The quantitative estimate of drug-likeness (QED) is 0.758. The zero-order valence-corrected chi connectivity index (χ0v) is 9.76. The van der Waals surface area contributed by atoms with Crippen molar-refractivity contribution < 1.29 is 9.21 Å². The summed E-state index contributed by atoms with van der Waals surface area (Å²) < 4.78 is 5.15. The Labute approximate surface area is 101 Å². The van der Waals surface area contributed by atoms with E-state index in [0.29, 0.717) is 12.8 Å². The topological polar surface area (TPSA) is 30.2 Å². The average molecular weight is 228 g/mol. The molecule has 0 spiro atoms. The van der Waals surface area contributed by atoms with Crippen molar-refractivity contribution in [3.63, 3.8) is 0 Å². The lowest BCUT2D eigenvalue weighted by Crippen LogP contribution is -2.02. The second kappa shape index (κ2) is 6.04. The Hall–Kier alpha value is -1.83. The molecule has 0 saturated heterocycles. The van der Waals surface area contributed by atoms with Crippen LogP contribution >= 0.6 is 0 Å². The smallest absolute Gasteiger partial charge is 0.140 e. The maximum absolute atomic E-state index is 11.6. The standard InChI is InChI=1S/C15H16O2/c16-14(12-15-10-5-11-17-15)9-4-8-13-6-2-1-3-7-13/h1-3,5-7,10-11H,4,8-9,12H2. The first-order valence-corrected chi connectivity index (χ1v) is 5.92. The molecule has 0 aliphatic rings. The molecule has 0 bridgehead atoms. The van der Waals surface area contributed by atoms with E-state index in [0.717, 1.165) is 18.6 Å². The molecule has 0 aliphatic carbocycles. The Kier molecular flexibility index (Phi) is 4.14. The van der Waals surface area contributed by atoms with Crippen molar-refractivity contribution in [2.45, 2.75) is 25.7 Å². The highest BCUT2D eigenvalue weighted by molar-refractivity contribution is 5.80. The first-order chi connectivity index (χ1) is 8.34. The third-order valence-electron chi connectivity index (χ3n) is 2.72. The maximum Gasteiger partial charge on any atom is 0.140 e. The summed E-state index contributed by atoms with van der Waals surface area (Å²) in [5.41, 5.74) is 1.29. The summed E-state index contributed by atoms with van der Waals surface area (Å²) in [6.45, 7) is 0. The van der Waals surface area contributed by atoms with Crippen LogP contribution in [0.2, 0.25) is 0 Å². The van der Waals surface area contributed by atoms with Crippen molar-refractivity contribution in [3.8, 4) is 0 Å². The zero-order chi connectivity index (χ0) is 11.9. The summed E-state index contributed by atoms with van der Waals surface area (Å²) in [7, 11) is 0. The Bertz CT molecular complexity index is 443. The molecule has 2 heteroatoms. The number of benzene rings is 1. The predicted octanol–water partition coefficient (Wildman–Crippen LogP) is 3.41. The molecule has 0 unspecified atom stereocenters. The molecule has 1 aromatic heterocycles. The average Bonchev–Trinajstić information content (AvgIpc) is 2.83. The Morgan fingerprint density at radius 1 is 1.06 bits per heavy atom. The van der Waals surface area contributed by atoms with Crippen LogP contribution < -0.4 is 0 Å². The van der Waals surface area contributed by atoms with Gasteiger partial charge in [-0.2, -0.15) is 0 Å². The van der Waals surface area contributed by atoms with E-state index in [1.165, 1.54) is 5.56 Å². The second-order valence-electron chi connectivity index (χ2n) is 4.13. The number of carbonyl (C=O) groups excluding carboxylic acids is 1. The molecular formula is C15H16O2. The number of aryl methyl sites for hydroxylation is 1. The summed E-state index contributed by atoms with van der Waals surface area (Å²) >= 11 is 0. The van der Waals surface area contributed by atoms with E-state index in [-0.39, 0.29) is 5.78 Å². The lowest BCUT2D eigenvalue weighted by Gasteiger charge is -2.00. The van der Waals surface area contributed by atoms with Crippen LogP contribution in [0.15, 0.2) is 53.1 Å². The van der Waals surface area contributed by atoms with Gasteiger partial charge in [-0.15, -0.1) is 0 Å². The molecule has 17 heavy (non-hydrogen) atoms. The second-order valence-corrected chi connectivity index (χ2v) is 4.13. The van der Waals surface area contributed by atoms with Crippen LogP contribution in [0.25, 0.3) is 0 Å². The van der Waals surface area contributed by atoms with Gasteiger partial charge in [0, 0.05) is 6.42 Å². The van der Waals surface area contributed by atoms with Crippen molar-refractivity contribution in [2.24, 2.45) is 0 Å². The maximum atomic E-state index is 11.6. The number of rotatable bonds is 6. The third kappa shape index (κ3) is 3.91. The minimum atomic E-state index is 0.246. The van der Waals surface area contributed by atoms with E-state index in [4.69, 9.17) is 4.42 Å². The van der Waals surface area contributed by atoms with Crippen LogP contribution in [0.3, 0.4) is 0 Å². The predicted molar refractivity (Wildman–Crippen MR) is 66.8 cm³/mol. The van der Waals surface area contributed by atoms with Crippen LogP contribution in [-0.4, -0.2) is 5.78 Å². The van der Waals surface area contributed by atoms with E-state index in [1.807, 2.05) is 30.3 Å². The minimum absolute atomic E-state index is 0.246. The summed E-state index contributed by atoms with van der Waals surface area (Å²) in [4.78, 5) is 11.6. The van der Waals surface area contributed by atoms with Crippen molar-refractivity contribution in [3.05, 3.63) is 60.1 Å². The normalized spacial score (nSPS) is 10.4. The highest BCUT2D eigenvalue weighted by atomic mass is 16.3. The monoisotopic (exact) mass is 228 g/mol. The number of hydrogen-bond donors (Lipinski definition) is 0. The third-order valence-corrected chi connectivity index (χ3v) is 2.72. The van der Waals surface area contributed by atoms with Gasteiger partial charge in [0.2, 0.25) is 0 Å². The molecule has 0 fully saturated rings. The van der Waals surface area contributed by atoms with E-state index < -0.39 is 0 Å². The summed E-state index contributed by atoms with van der Waals surface area (Å²) in [5.74, 6) is 1.01. The van der Waals surface area contributed by atoms with Crippen LogP contribution in [-0.2, 0) is 17.6 Å². The molecule has 1 aromatic carbocycles. The van der Waals surface area contributed by atoms with Gasteiger partial charge in [0.25, 0.3) is 0 Å². The first kappa shape index (κ1) is 11.6. The van der Waals surface area contributed by atoms with Gasteiger partial charge in [-0.25, -0.2) is 0 Å². The van der Waals surface area contributed by atoms with Crippen LogP contribution in [0.1, 0.15) is 24.2 Å². The highest BCUT2D eigenvalue weighted by Crippen LogP contribution is 2.08. The molecule has 0 amide bonds. The van der Waals surface area contributed by atoms with Gasteiger partial charge in [0.05, 0.1) is 12.7 Å².